The first-order valence-electron chi connectivity index (χ1n) is 11.1. The number of aromatic nitrogens is 4. The zero-order valence-electron chi connectivity index (χ0n) is 18.8. The number of hydrogen-bond donors (Lipinski definition) is 0. The summed E-state index contributed by atoms with van der Waals surface area (Å²) in [6.07, 6.45) is 2.01. The molecule has 1 saturated heterocycles. The van der Waals surface area contributed by atoms with Gasteiger partial charge in [0.05, 0.1) is 11.0 Å². The number of hydrogen-bond acceptors (Lipinski definition) is 5. The first-order valence-corrected chi connectivity index (χ1v) is 11.1. The van der Waals surface area contributed by atoms with Crippen LogP contribution in [0.2, 0.25) is 0 Å². The van der Waals surface area contributed by atoms with Crippen molar-refractivity contribution >= 4 is 28.0 Å². The van der Waals surface area contributed by atoms with E-state index in [0.717, 1.165) is 48.2 Å². The molecule has 7 heteroatoms. The van der Waals surface area contributed by atoms with Crippen molar-refractivity contribution in [1.82, 2.24) is 29.5 Å². The van der Waals surface area contributed by atoms with Gasteiger partial charge in [0, 0.05) is 36.6 Å². The molecule has 1 aliphatic rings. The zero-order valence-corrected chi connectivity index (χ0v) is 18.8. The normalized spacial score (nSPS) is 15.2. The Labute approximate surface area is 187 Å². The maximum absolute atomic E-state index is 13.3. The summed E-state index contributed by atoms with van der Waals surface area (Å²) in [6, 6.07) is 16.6. The van der Waals surface area contributed by atoms with Gasteiger partial charge in [-0.05, 0) is 57.6 Å². The number of carbonyl (C=O) groups is 1. The standard InChI is InChI=1S/C25H28N6O/c1-17-26-24-23(31(17)16-18-7-5-4-6-8-18)21-15-19(9-10-22(21)27-28-24)25(32)30-13-11-20(12-14-30)29(2)3/h4-10,15,20H,11-14,16H2,1-3H3. The van der Waals surface area contributed by atoms with E-state index in [9.17, 15) is 4.79 Å². The number of likely N-dealkylation sites (tertiary alicyclic amines) is 1. The second-order valence-corrected chi connectivity index (χ2v) is 8.82. The van der Waals surface area contributed by atoms with Crippen LogP contribution >= 0.6 is 0 Å². The second-order valence-electron chi connectivity index (χ2n) is 8.82. The van der Waals surface area contributed by atoms with Gasteiger partial charge in [-0.2, -0.15) is 0 Å². The maximum Gasteiger partial charge on any atom is 0.253 e. The number of aryl methyl sites for hydroxylation is 1. The fraction of sp³-hybridized carbons (Fsp3) is 0.360. The fourth-order valence-corrected chi connectivity index (χ4v) is 4.66. The minimum absolute atomic E-state index is 0.0833. The molecule has 0 radical (unpaired) electrons. The number of piperidine rings is 1. The summed E-state index contributed by atoms with van der Waals surface area (Å²) in [7, 11) is 4.22. The minimum atomic E-state index is 0.0833. The van der Waals surface area contributed by atoms with Crippen molar-refractivity contribution in [2.75, 3.05) is 27.2 Å². The van der Waals surface area contributed by atoms with Gasteiger partial charge in [-0.1, -0.05) is 30.3 Å². The average Bonchev–Trinajstić information content (AvgIpc) is 3.14. The number of carbonyl (C=O) groups excluding carboxylic acids is 1. The summed E-state index contributed by atoms with van der Waals surface area (Å²) in [5.41, 5.74) is 4.20. The third kappa shape index (κ3) is 3.73. The molecular weight excluding hydrogens is 400 g/mol. The molecule has 2 aromatic carbocycles. The smallest absolute Gasteiger partial charge is 0.253 e. The van der Waals surface area contributed by atoms with E-state index in [4.69, 9.17) is 0 Å². The van der Waals surface area contributed by atoms with Crippen LogP contribution in [-0.4, -0.2) is 68.7 Å². The number of fused-ring (bicyclic) bond motifs is 3. The molecule has 7 nitrogen and oxygen atoms in total. The molecule has 3 heterocycles. The highest BCUT2D eigenvalue weighted by Gasteiger charge is 2.25. The van der Waals surface area contributed by atoms with Crippen LogP contribution < -0.4 is 0 Å². The molecule has 1 amide bonds. The Morgan fingerprint density at radius 3 is 2.53 bits per heavy atom. The summed E-state index contributed by atoms with van der Waals surface area (Å²) in [4.78, 5) is 22.2. The molecule has 1 aliphatic heterocycles. The monoisotopic (exact) mass is 428 g/mol. The molecule has 32 heavy (non-hydrogen) atoms. The van der Waals surface area contributed by atoms with Crippen molar-refractivity contribution in [2.24, 2.45) is 0 Å². The molecule has 4 aromatic rings. The van der Waals surface area contributed by atoms with Crippen molar-refractivity contribution in [2.45, 2.75) is 32.4 Å². The van der Waals surface area contributed by atoms with E-state index in [2.05, 4.69) is 50.9 Å². The first-order chi connectivity index (χ1) is 15.5. The van der Waals surface area contributed by atoms with Crippen molar-refractivity contribution < 1.29 is 4.79 Å². The number of amides is 1. The Bertz CT molecular complexity index is 1270. The Kier molecular flexibility index (Phi) is 5.35. The third-order valence-corrected chi connectivity index (χ3v) is 6.56. The van der Waals surface area contributed by atoms with Crippen molar-refractivity contribution in [3.8, 4) is 0 Å². The molecule has 5 rings (SSSR count). The van der Waals surface area contributed by atoms with E-state index in [-0.39, 0.29) is 5.91 Å². The lowest BCUT2D eigenvalue weighted by Crippen LogP contribution is -2.44. The van der Waals surface area contributed by atoms with Gasteiger partial charge in [0.15, 0.2) is 0 Å². The van der Waals surface area contributed by atoms with Gasteiger partial charge in [0.25, 0.3) is 5.91 Å². The summed E-state index contributed by atoms with van der Waals surface area (Å²) in [6.45, 7) is 4.25. The summed E-state index contributed by atoms with van der Waals surface area (Å²) in [5.74, 6) is 0.966. The molecule has 0 saturated carbocycles. The number of rotatable bonds is 4. The Hall–Kier alpha value is -3.32. The third-order valence-electron chi connectivity index (χ3n) is 6.56. The van der Waals surface area contributed by atoms with Gasteiger partial charge in [-0.3, -0.25) is 4.79 Å². The highest BCUT2D eigenvalue weighted by atomic mass is 16.2. The molecule has 0 unspecified atom stereocenters. The van der Waals surface area contributed by atoms with E-state index >= 15 is 0 Å². The molecular formula is C25H28N6O. The number of benzene rings is 2. The Morgan fingerprint density at radius 1 is 1.06 bits per heavy atom. The van der Waals surface area contributed by atoms with Gasteiger partial charge >= 0.3 is 0 Å². The second kappa shape index (κ2) is 8.31. The summed E-state index contributed by atoms with van der Waals surface area (Å²) >= 11 is 0. The highest BCUT2D eigenvalue weighted by molar-refractivity contribution is 6.05. The van der Waals surface area contributed by atoms with Crippen molar-refractivity contribution in [1.29, 1.82) is 0 Å². The average molecular weight is 429 g/mol. The number of imidazole rings is 1. The van der Waals surface area contributed by atoms with Crippen LogP contribution in [0.1, 0.15) is 34.6 Å². The van der Waals surface area contributed by atoms with Crippen molar-refractivity contribution in [3.05, 3.63) is 65.5 Å². The lowest BCUT2D eigenvalue weighted by atomic mass is 10.0. The highest BCUT2D eigenvalue weighted by Crippen LogP contribution is 2.26. The van der Waals surface area contributed by atoms with Gasteiger partial charge < -0.3 is 14.4 Å². The first kappa shape index (κ1) is 20.6. The van der Waals surface area contributed by atoms with Crippen LogP contribution in [0.15, 0.2) is 48.5 Å². The molecule has 164 valence electrons. The van der Waals surface area contributed by atoms with Gasteiger partial charge in [-0.25, -0.2) is 4.98 Å². The van der Waals surface area contributed by atoms with Crippen LogP contribution in [0.4, 0.5) is 0 Å². The molecule has 1 fully saturated rings. The van der Waals surface area contributed by atoms with Crippen LogP contribution in [0, 0.1) is 6.92 Å². The predicted molar refractivity (Wildman–Crippen MR) is 126 cm³/mol. The minimum Gasteiger partial charge on any atom is -0.339 e. The predicted octanol–water partition coefficient (Wildman–Crippen LogP) is 3.50. The van der Waals surface area contributed by atoms with E-state index < -0.39 is 0 Å². The SMILES string of the molecule is Cc1nc2nnc3ccc(C(=O)N4CCC(N(C)C)CC4)cc3c2n1Cc1ccccc1. The fourth-order valence-electron chi connectivity index (χ4n) is 4.66. The van der Waals surface area contributed by atoms with E-state index in [1.807, 2.05) is 48.2 Å². The zero-order chi connectivity index (χ0) is 22.2. The van der Waals surface area contributed by atoms with Gasteiger partial charge in [-0.15, -0.1) is 10.2 Å². The molecule has 0 spiro atoms. The summed E-state index contributed by atoms with van der Waals surface area (Å²) < 4.78 is 2.17. The topological polar surface area (TPSA) is 67.2 Å². The van der Waals surface area contributed by atoms with Crippen LogP contribution in [0.3, 0.4) is 0 Å². The Morgan fingerprint density at radius 2 is 1.81 bits per heavy atom. The molecule has 0 bridgehead atoms. The largest absolute Gasteiger partial charge is 0.339 e. The van der Waals surface area contributed by atoms with Crippen molar-refractivity contribution in [3.63, 3.8) is 0 Å². The quantitative estimate of drug-likeness (QED) is 0.498. The lowest BCUT2D eigenvalue weighted by Gasteiger charge is -2.35. The van der Waals surface area contributed by atoms with E-state index in [1.165, 1.54) is 5.56 Å². The molecule has 2 aromatic heterocycles. The molecule has 0 aliphatic carbocycles. The van der Waals surface area contributed by atoms with E-state index in [0.29, 0.717) is 23.8 Å². The summed E-state index contributed by atoms with van der Waals surface area (Å²) in [5, 5.41) is 9.61. The van der Waals surface area contributed by atoms with Crippen LogP contribution in [0.25, 0.3) is 22.1 Å². The van der Waals surface area contributed by atoms with Gasteiger partial charge in [0.2, 0.25) is 5.65 Å². The molecule has 0 atom stereocenters. The van der Waals surface area contributed by atoms with E-state index in [1.54, 1.807) is 0 Å². The van der Waals surface area contributed by atoms with Gasteiger partial charge in [0.1, 0.15) is 5.82 Å². The Balaban J connectivity index is 1.53. The number of nitrogens with zero attached hydrogens (tertiary/aromatic N) is 6. The lowest BCUT2D eigenvalue weighted by molar-refractivity contribution is 0.0663. The maximum atomic E-state index is 13.3. The van der Waals surface area contributed by atoms with Crippen LogP contribution in [-0.2, 0) is 6.54 Å². The molecule has 0 N–H and O–H groups in total. The van der Waals surface area contributed by atoms with Crippen LogP contribution in [0.5, 0.6) is 0 Å².